The minimum Gasteiger partial charge on any atom is -0.469 e. The lowest BCUT2D eigenvalue weighted by atomic mass is 10.0. The van der Waals surface area contributed by atoms with E-state index in [4.69, 9.17) is 20.9 Å². The molecule has 0 amide bonds. The Morgan fingerprint density at radius 1 is 1.27 bits per heavy atom. The Bertz CT molecular complexity index is 724. The molecule has 1 fully saturated rings. The summed E-state index contributed by atoms with van der Waals surface area (Å²) in [6, 6.07) is 9.26. The van der Waals surface area contributed by atoms with E-state index >= 15 is 0 Å². The average Bonchev–Trinajstić information content (AvgIpc) is 3.11. The van der Waals surface area contributed by atoms with Gasteiger partial charge in [0.25, 0.3) is 0 Å². The minimum absolute atomic E-state index is 0.208. The maximum absolute atomic E-state index is 12.2. The number of carbonyl (C=O) groups excluding carboxylic acids is 1. The van der Waals surface area contributed by atoms with Crippen molar-refractivity contribution >= 4 is 17.6 Å². The standard InChI is InChI=1S/C19H24ClN3O3/c1-22-7-9-23(10-8-22)13-15(19(24)25-2)11-17-12-18(26-21-17)14-3-5-16(20)6-4-14/h3-6,12,15H,7-11,13H2,1-2H3. The van der Waals surface area contributed by atoms with Crippen LogP contribution in [0.1, 0.15) is 5.69 Å². The fourth-order valence-electron chi connectivity index (χ4n) is 3.14. The largest absolute Gasteiger partial charge is 0.469 e. The number of methoxy groups -OCH3 is 1. The van der Waals surface area contributed by atoms with Gasteiger partial charge in [-0.2, -0.15) is 0 Å². The van der Waals surface area contributed by atoms with E-state index in [1.54, 1.807) is 0 Å². The maximum Gasteiger partial charge on any atom is 0.310 e. The molecular formula is C19H24ClN3O3. The third kappa shape index (κ3) is 4.84. The summed E-state index contributed by atoms with van der Waals surface area (Å²) in [5.41, 5.74) is 1.65. The zero-order valence-corrected chi connectivity index (χ0v) is 15.9. The molecule has 1 aliphatic rings. The van der Waals surface area contributed by atoms with Gasteiger partial charge in [-0.1, -0.05) is 16.8 Å². The summed E-state index contributed by atoms with van der Waals surface area (Å²) in [6.45, 7) is 4.61. The number of aromatic nitrogens is 1. The van der Waals surface area contributed by atoms with Crippen LogP contribution in [0.4, 0.5) is 0 Å². The van der Waals surface area contributed by atoms with Crippen LogP contribution in [0.25, 0.3) is 11.3 Å². The quantitative estimate of drug-likeness (QED) is 0.721. The zero-order valence-electron chi connectivity index (χ0n) is 15.2. The van der Waals surface area contributed by atoms with Crippen LogP contribution in [0.3, 0.4) is 0 Å². The van der Waals surface area contributed by atoms with E-state index in [0.717, 1.165) is 37.4 Å². The number of piperazine rings is 1. The second-order valence-corrected chi connectivity index (χ2v) is 7.15. The molecule has 3 rings (SSSR count). The Balaban J connectivity index is 1.67. The van der Waals surface area contributed by atoms with Gasteiger partial charge in [0, 0.05) is 55.8 Å². The molecule has 0 aliphatic carbocycles. The molecule has 1 unspecified atom stereocenters. The topological polar surface area (TPSA) is 58.8 Å². The van der Waals surface area contributed by atoms with Crippen molar-refractivity contribution in [1.29, 1.82) is 0 Å². The van der Waals surface area contributed by atoms with E-state index in [9.17, 15) is 4.79 Å². The van der Waals surface area contributed by atoms with Crippen molar-refractivity contribution in [2.24, 2.45) is 5.92 Å². The highest BCUT2D eigenvalue weighted by Gasteiger charge is 2.26. The van der Waals surface area contributed by atoms with Gasteiger partial charge in [0.15, 0.2) is 5.76 Å². The molecule has 0 saturated carbocycles. The number of likely N-dealkylation sites (N-methyl/N-ethyl adjacent to an activating group) is 1. The first-order chi connectivity index (χ1) is 12.5. The lowest BCUT2D eigenvalue weighted by molar-refractivity contribution is -0.146. The van der Waals surface area contributed by atoms with Gasteiger partial charge in [-0.05, 0) is 31.3 Å². The predicted molar refractivity (Wildman–Crippen MR) is 100 cm³/mol. The highest BCUT2D eigenvalue weighted by atomic mass is 35.5. The lowest BCUT2D eigenvalue weighted by Gasteiger charge is -2.33. The normalized spacial score (nSPS) is 17.2. The number of hydrogen-bond donors (Lipinski definition) is 0. The Morgan fingerprint density at radius 3 is 2.62 bits per heavy atom. The first-order valence-corrected chi connectivity index (χ1v) is 9.13. The Morgan fingerprint density at radius 2 is 1.96 bits per heavy atom. The highest BCUT2D eigenvalue weighted by Crippen LogP contribution is 2.23. The molecule has 26 heavy (non-hydrogen) atoms. The van der Waals surface area contributed by atoms with E-state index in [-0.39, 0.29) is 11.9 Å². The Hall–Kier alpha value is -1.89. The lowest BCUT2D eigenvalue weighted by Crippen LogP contribution is -2.47. The number of nitrogens with zero attached hydrogens (tertiary/aromatic N) is 3. The number of ether oxygens (including phenoxy) is 1. The molecule has 1 aromatic carbocycles. The second-order valence-electron chi connectivity index (χ2n) is 6.72. The molecule has 2 heterocycles. The molecule has 1 atom stereocenters. The molecule has 1 aromatic heterocycles. The number of halogens is 1. The number of hydrogen-bond acceptors (Lipinski definition) is 6. The summed E-state index contributed by atoms with van der Waals surface area (Å²) >= 11 is 5.92. The maximum atomic E-state index is 12.2. The fourth-order valence-corrected chi connectivity index (χ4v) is 3.27. The SMILES string of the molecule is COC(=O)C(Cc1cc(-c2ccc(Cl)cc2)on1)CN1CCN(C)CC1. The Kier molecular flexibility index (Phi) is 6.29. The van der Waals surface area contributed by atoms with E-state index in [2.05, 4.69) is 22.0 Å². The third-order valence-electron chi connectivity index (χ3n) is 4.75. The summed E-state index contributed by atoms with van der Waals surface area (Å²) in [5, 5.41) is 4.81. The van der Waals surface area contributed by atoms with Crippen LogP contribution in [0.2, 0.25) is 5.02 Å². The first-order valence-electron chi connectivity index (χ1n) is 8.75. The molecule has 2 aromatic rings. The van der Waals surface area contributed by atoms with Gasteiger partial charge in [-0.3, -0.25) is 9.69 Å². The van der Waals surface area contributed by atoms with Crippen molar-refractivity contribution in [1.82, 2.24) is 15.0 Å². The van der Waals surface area contributed by atoms with Crippen LogP contribution in [0, 0.1) is 5.92 Å². The molecule has 6 nitrogen and oxygen atoms in total. The number of esters is 1. The van der Waals surface area contributed by atoms with Crippen LogP contribution in [0.15, 0.2) is 34.9 Å². The Labute approximate surface area is 158 Å². The van der Waals surface area contributed by atoms with Gasteiger partial charge < -0.3 is 14.2 Å². The van der Waals surface area contributed by atoms with Crippen LogP contribution in [-0.2, 0) is 16.0 Å². The monoisotopic (exact) mass is 377 g/mol. The smallest absolute Gasteiger partial charge is 0.310 e. The van der Waals surface area contributed by atoms with Crippen molar-refractivity contribution in [2.75, 3.05) is 46.9 Å². The minimum atomic E-state index is -0.258. The van der Waals surface area contributed by atoms with Gasteiger partial charge in [-0.25, -0.2) is 0 Å². The second kappa shape index (κ2) is 8.66. The van der Waals surface area contributed by atoms with E-state index in [0.29, 0.717) is 23.7 Å². The summed E-state index contributed by atoms with van der Waals surface area (Å²) in [6.07, 6.45) is 0.496. The van der Waals surface area contributed by atoms with E-state index in [1.807, 2.05) is 30.3 Å². The van der Waals surface area contributed by atoms with Gasteiger partial charge in [0.05, 0.1) is 18.7 Å². The number of rotatable bonds is 6. The van der Waals surface area contributed by atoms with Crippen molar-refractivity contribution in [3.8, 4) is 11.3 Å². The summed E-state index contributed by atoms with van der Waals surface area (Å²) in [7, 11) is 3.55. The van der Waals surface area contributed by atoms with Crippen molar-refractivity contribution in [2.45, 2.75) is 6.42 Å². The molecule has 1 aliphatic heterocycles. The average molecular weight is 378 g/mol. The van der Waals surface area contributed by atoms with Crippen LogP contribution >= 0.6 is 11.6 Å². The molecule has 0 N–H and O–H groups in total. The van der Waals surface area contributed by atoms with Gasteiger partial charge in [-0.15, -0.1) is 0 Å². The third-order valence-corrected chi connectivity index (χ3v) is 5.00. The molecule has 0 bridgehead atoms. The summed E-state index contributed by atoms with van der Waals surface area (Å²) < 4.78 is 10.4. The van der Waals surface area contributed by atoms with Crippen molar-refractivity contribution in [3.05, 3.63) is 41.0 Å². The van der Waals surface area contributed by atoms with E-state index < -0.39 is 0 Å². The number of benzene rings is 1. The molecule has 7 heteroatoms. The molecule has 1 saturated heterocycles. The summed E-state index contributed by atoms with van der Waals surface area (Å²) in [5.74, 6) is 0.200. The molecular weight excluding hydrogens is 354 g/mol. The fraction of sp³-hybridized carbons (Fsp3) is 0.474. The van der Waals surface area contributed by atoms with Gasteiger partial charge >= 0.3 is 5.97 Å². The van der Waals surface area contributed by atoms with Crippen molar-refractivity contribution < 1.29 is 14.1 Å². The molecule has 140 valence electrons. The highest BCUT2D eigenvalue weighted by molar-refractivity contribution is 6.30. The van der Waals surface area contributed by atoms with E-state index in [1.165, 1.54) is 7.11 Å². The van der Waals surface area contributed by atoms with Gasteiger partial charge in [0.2, 0.25) is 0 Å². The number of carbonyl (C=O) groups is 1. The molecule has 0 spiro atoms. The van der Waals surface area contributed by atoms with Crippen molar-refractivity contribution in [3.63, 3.8) is 0 Å². The van der Waals surface area contributed by atoms with Gasteiger partial charge in [0.1, 0.15) is 0 Å². The summed E-state index contributed by atoms with van der Waals surface area (Å²) in [4.78, 5) is 16.8. The van der Waals surface area contributed by atoms with Crippen LogP contribution < -0.4 is 0 Å². The molecule has 0 radical (unpaired) electrons. The first kappa shape index (κ1) is 18.9. The zero-order chi connectivity index (χ0) is 18.5. The van der Waals surface area contributed by atoms with Crippen LogP contribution in [0.5, 0.6) is 0 Å². The van der Waals surface area contributed by atoms with Crippen LogP contribution in [-0.4, -0.2) is 67.8 Å². The predicted octanol–water partition coefficient (Wildman–Crippen LogP) is 2.57.